The standard InChI is InChI=1S/C20H17ClO5/c1-12-16-7-6-15(25-11-13-2-4-14(21)5-3-13)10-18(16)26-20(24)17(12)8-9-19(22)23/h2-7,10H,8-9,11H2,1H3,(H,22,23)/p-1. The zero-order valence-electron chi connectivity index (χ0n) is 14.1. The first kappa shape index (κ1) is 18.0. The molecule has 3 aromatic rings. The van der Waals surface area contributed by atoms with Gasteiger partial charge in [-0.15, -0.1) is 0 Å². The fourth-order valence-electron chi connectivity index (χ4n) is 2.73. The van der Waals surface area contributed by atoms with Gasteiger partial charge < -0.3 is 19.1 Å². The topological polar surface area (TPSA) is 79.6 Å². The van der Waals surface area contributed by atoms with E-state index in [0.717, 1.165) is 10.9 Å². The van der Waals surface area contributed by atoms with Crippen LogP contribution in [0.4, 0.5) is 0 Å². The number of carbonyl (C=O) groups excluding carboxylic acids is 1. The molecule has 0 saturated carbocycles. The fourth-order valence-corrected chi connectivity index (χ4v) is 2.85. The van der Waals surface area contributed by atoms with Crippen molar-refractivity contribution in [1.29, 1.82) is 0 Å². The Morgan fingerprint density at radius 1 is 1.19 bits per heavy atom. The zero-order valence-corrected chi connectivity index (χ0v) is 14.8. The van der Waals surface area contributed by atoms with Crippen molar-refractivity contribution in [3.8, 4) is 5.75 Å². The first-order valence-corrected chi connectivity index (χ1v) is 8.45. The maximum absolute atomic E-state index is 12.2. The molecule has 5 nitrogen and oxygen atoms in total. The largest absolute Gasteiger partial charge is 0.550 e. The molecule has 2 aromatic carbocycles. The van der Waals surface area contributed by atoms with Crippen molar-refractivity contribution in [2.75, 3.05) is 0 Å². The first-order chi connectivity index (χ1) is 12.4. The van der Waals surface area contributed by atoms with Crippen LogP contribution in [0.1, 0.15) is 23.1 Å². The number of carbonyl (C=O) groups is 1. The van der Waals surface area contributed by atoms with Crippen molar-refractivity contribution >= 4 is 28.5 Å². The molecule has 0 bridgehead atoms. The summed E-state index contributed by atoms with van der Waals surface area (Å²) in [6, 6.07) is 12.6. The van der Waals surface area contributed by atoms with Crippen LogP contribution in [0.5, 0.6) is 5.75 Å². The predicted octanol–water partition coefficient (Wildman–Crippen LogP) is 3.02. The second-order valence-corrected chi connectivity index (χ2v) is 6.37. The van der Waals surface area contributed by atoms with E-state index in [0.29, 0.717) is 34.1 Å². The summed E-state index contributed by atoms with van der Waals surface area (Å²) in [5.74, 6) is -0.632. The van der Waals surface area contributed by atoms with E-state index in [2.05, 4.69) is 0 Å². The van der Waals surface area contributed by atoms with Gasteiger partial charge in [-0.2, -0.15) is 0 Å². The van der Waals surface area contributed by atoms with Gasteiger partial charge in [-0.05, 0) is 55.2 Å². The molecule has 0 radical (unpaired) electrons. The van der Waals surface area contributed by atoms with Crippen LogP contribution in [-0.4, -0.2) is 5.97 Å². The summed E-state index contributed by atoms with van der Waals surface area (Å²) in [5.41, 5.74) is 1.90. The molecule has 6 heteroatoms. The average Bonchev–Trinajstić information content (AvgIpc) is 2.60. The van der Waals surface area contributed by atoms with Crippen LogP contribution in [0.2, 0.25) is 5.02 Å². The van der Waals surface area contributed by atoms with Crippen LogP contribution in [0.25, 0.3) is 11.0 Å². The first-order valence-electron chi connectivity index (χ1n) is 8.07. The van der Waals surface area contributed by atoms with Crippen molar-refractivity contribution < 1.29 is 19.1 Å². The molecule has 134 valence electrons. The Morgan fingerprint density at radius 2 is 1.92 bits per heavy atom. The Hall–Kier alpha value is -2.79. The molecule has 1 aromatic heterocycles. The smallest absolute Gasteiger partial charge is 0.339 e. The van der Waals surface area contributed by atoms with Crippen molar-refractivity contribution in [2.24, 2.45) is 0 Å². The summed E-state index contributed by atoms with van der Waals surface area (Å²) >= 11 is 5.86. The second kappa shape index (κ2) is 7.62. The van der Waals surface area contributed by atoms with E-state index in [1.165, 1.54) is 0 Å². The Morgan fingerprint density at radius 3 is 2.62 bits per heavy atom. The van der Waals surface area contributed by atoms with Crippen LogP contribution in [0.3, 0.4) is 0 Å². The van der Waals surface area contributed by atoms with Crippen LogP contribution in [0.15, 0.2) is 51.7 Å². The highest BCUT2D eigenvalue weighted by Gasteiger charge is 2.12. The summed E-state index contributed by atoms with van der Waals surface area (Å²) in [6.07, 6.45) is -0.138. The van der Waals surface area contributed by atoms with Crippen molar-refractivity contribution in [2.45, 2.75) is 26.4 Å². The zero-order chi connectivity index (χ0) is 18.7. The number of halogens is 1. The highest BCUT2D eigenvalue weighted by Crippen LogP contribution is 2.25. The summed E-state index contributed by atoms with van der Waals surface area (Å²) in [5, 5.41) is 12.0. The lowest BCUT2D eigenvalue weighted by molar-refractivity contribution is -0.305. The van der Waals surface area contributed by atoms with Gasteiger partial charge in [-0.25, -0.2) is 4.79 Å². The summed E-state index contributed by atoms with van der Waals surface area (Å²) < 4.78 is 11.1. The van der Waals surface area contributed by atoms with Crippen LogP contribution in [-0.2, 0) is 17.8 Å². The second-order valence-electron chi connectivity index (χ2n) is 5.94. The van der Waals surface area contributed by atoms with Crippen molar-refractivity contribution in [1.82, 2.24) is 0 Å². The quantitative estimate of drug-likeness (QED) is 0.622. The normalized spacial score (nSPS) is 10.8. The lowest BCUT2D eigenvalue weighted by Crippen LogP contribution is -2.24. The highest BCUT2D eigenvalue weighted by atomic mass is 35.5. The number of rotatable bonds is 6. The molecular formula is C20H16ClO5-. The Kier molecular flexibility index (Phi) is 5.28. The van der Waals surface area contributed by atoms with Gasteiger partial charge in [0, 0.05) is 28.0 Å². The molecule has 0 aliphatic carbocycles. The van der Waals surface area contributed by atoms with Gasteiger partial charge in [0.05, 0.1) is 0 Å². The molecular weight excluding hydrogens is 356 g/mol. The SMILES string of the molecule is Cc1c(CCC(=O)[O-])c(=O)oc2cc(OCc3ccc(Cl)cc3)ccc12. The van der Waals surface area contributed by atoms with Crippen LogP contribution in [0, 0.1) is 6.92 Å². The Balaban J connectivity index is 1.84. The van der Waals surface area contributed by atoms with Gasteiger partial charge in [-0.1, -0.05) is 23.7 Å². The predicted molar refractivity (Wildman–Crippen MR) is 96.3 cm³/mol. The monoisotopic (exact) mass is 371 g/mol. The third kappa shape index (κ3) is 4.06. The van der Waals surface area contributed by atoms with Crippen LogP contribution >= 0.6 is 11.6 Å². The van der Waals surface area contributed by atoms with E-state index >= 15 is 0 Å². The Labute approximate surface area is 154 Å². The maximum Gasteiger partial charge on any atom is 0.339 e. The van der Waals surface area contributed by atoms with E-state index in [4.69, 9.17) is 20.8 Å². The van der Waals surface area contributed by atoms with E-state index in [1.54, 1.807) is 37.3 Å². The molecule has 26 heavy (non-hydrogen) atoms. The van der Waals surface area contributed by atoms with Crippen LogP contribution < -0.4 is 15.5 Å². The van der Waals surface area contributed by atoms with Gasteiger partial charge in [0.2, 0.25) is 0 Å². The lowest BCUT2D eigenvalue weighted by atomic mass is 10.0. The third-order valence-electron chi connectivity index (χ3n) is 4.16. The van der Waals surface area contributed by atoms with E-state index < -0.39 is 11.6 Å². The molecule has 0 aliphatic rings. The molecule has 1 heterocycles. The van der Waals surface area contributed by atoms with E-state index in [9.17, 15) is 14.7 Å². The number of hydrogen-bond donors (Lipinski definition) is 0. The summed E-state index contributed by atoms with van der Waals surface area (Å²) in [7, 11) is 0. The number of carboxylic acids is 1. The average molecular weight is 372 g/mol. The minimum Gasteiger partial charge on any atom is -0.550 e. The van der Waals surface area contributed by atoms with E-state index in [1.807, 2.05) is 12.1 Å². The number of hydrogen-bond acceptors (Lipinski definition) is 5. The number of ether oxygens (including phenoxy) is 1. The molecule has 0 spiro atoms. The van der Waals surface area contributed by atoms with Gasteiger partial charge in [-0.3, -0.25) is 0 Å². The van der Waals surface area contributed by atoms with E-state index in [-0.39, 0.29) is 12.8 Å². The molecule has 0 saturated heterocycles. The minimum absolute atomic E-state index is 0.0846. The molecule has 0 amide bonds. The molecule has 0 atom stereocenters. The van der Waals surface area contributed by atoms with Gasteiger partial charge in [0.1, 0.15) is 17.9 Å². The molecule has 0 aliphatic heterocycles. The fraction of sp³-hybridized carbons (Fsp3) is 0.200. The molecule has 0 N–H and O–H groups in total. The highest BCUT2D eigenvalue weighted by molar-refractivity contribution is 6.30. The summed E-state index contributed by atoms with van der Waals surface area (Å²) in [4.78, 5) is 22.8. The van der Waals surface area contributed by atoms with Gasteiger partial charge in [0.25, 0.3) is 0 Å². The van der Waals surface area contributed by atoms with Crippen molar-refractivity contribution in [3.05, 3.63) is 74.6 Å². The maximum atomic E-state index is 12.2. The number of aryl methyl sites for hydroxylation is 1. The minimum atomic E-state index is -1.20. The number of aliphatic carboxylic acids is 1. The Bertz CT molecular complexity index is 1010. The number of carboxylic acid groups (broad SMARTS) is 1. The summed E-state index contributed by atoms with van der Waals surface area (Å²) in [6.45, 7) is 2.13. The molecule has 0 fully saturated rings. The molecule has 3 rings (SSSR count). The van der Waals surface area contributed by atoms with Gasteiger partial charge >= 0.3 is 5.63 Å². The number of fused-ring (bicyclic) bond motifs is 1. The van der Waals surface area contributed by atoms with Gasteiger partial charge in [0.15, 0.2) is 0 Å². The lowest BCUT2D eigenvalue weighted by Gasteiger charge is -2.10. The molecule has 0 unspecified atom stereocenters. The third-order valence-corrected chi connectivity index (χ3v) is 4.41. The van der Waals surface area contributed by atoms with Crippen molar-refractivity contribution in [3.63, 3.8) is 0 Å². The number of benzene rings is 2.